The van der Waals surface area contributed by atoms with Crippen LogP contribution in [0.2, 0.25) is 0 Å². The third-order valence-electron chi connectivity index (χ3n) is 2.51. The van der Waals surface area contributed by atoms with E-state index in [1.165, 1.54) is 0 Å². The third-order valence-corrected chi connectivity index (χ3v) is 3.00. The van der Waals surface area contributed by atoms with Crippen molar-refractivity contribution >= 4 is 21.9 Å². The van der Waals surface area contributed by atoms with Gasteiger partial charge in [0, 0.05) is 10.5 Å². The molecule has 0 heterocycles. The molecule has 0 spiro atoms. The Morgan fingerprint density at radius 3 is 2.75 bits per heavy atom. The number of halogens is 1. The van der Waals surface area contributed by atoms with Gasteiger partial charge in [0.25, 0.3) is 0 Å². The first-order chi connectivity index (χ1) is 7.54. The molecule has 16 heavy (non-hydrogen) atoms. The van der Waals surface area contributed by atoms with E-state index in [-0.39, 0.29) is 6.04 Å². The Kier molecular flexibility index (Phi) is 4.96. The number of carboxylic acid groups (broad SMARTS) is 1. The number of carboxylic acids is 1. The molecule has 4 heteroatoms. The summed E-state index contributed by atoms with van der Waals surface area (Å²) in [5.74, 6) is -0.802. The van der Waals surface area contributed by atoms with Crippen molar-refractivity contribution in [2.75, 3.05) is 0 Å². The minimum absolute atomic E-state index is 0.0264. The summed E-state index contributed by atoms with van der Waals surface area (Å²) in [6, 6.07) is 7.40. The molecule has 1 rings (SSSR count). The maximum Gasteiger partial charge on any atom is 0.320 e. The number of carbonyl (C=O) groups is 1. The van der Waals surface area contributed by atoms with E-state index in [0.717, 1.165) is 10.0 Å². The molecule has 88 valence electrons. The van der Waals surface area contributed by atoms with Gasteiger partial charge in [0.1, 0.15) is 6.04 Å². The van der Waals surface area contributed by atoms with E-state index >= 15 is 0 Å². The number of benzene rings is 1. The zero-order valence-corrected chi connectivity index (χ0v) is 11.0. The minimum atomic E-state index is -0.802. The van der Waals surface area contributed by atoms with Crippen LogP contribution in [-0.2, 0) is 4.79 Å². The maximum atomic E-state index is 10.9. The van der Waals surface area contributed by atoms with E-state index < -0.39 is 12.0 Å². The predicted molar refractivity (Wildman–Crippen MR) is 67.4 cm³/mol. The summed E-state index contributed by atoms with van der Waals surface area (Å²) in [6.45, 7) is 3.83. The molecule has 0 aliphatic carbocycles. The summed E-state index contributed by atoms with van der Waals surface area (Å²) < 4.78 is 1.00. The first kappa shape index (κ1) is 13.2. The molecule has 0 radical (unpaired) electrons. The van der Waals surface area contributed by atoms with Crippen LogP contribution in [0.4, 0.5) is 0 Å². The van der Waals surface area contributed by atoms with Gasteiger partial charge in [-0.1, -0.05) is 35.0 Å². The summed E-state index contributed by atoms with van der Waals surface area (Å²) in [4.78, 5) is 10.9. The molecule has 0 saturated carbocycles. The molecule has 0 saturated heterocycles. The van der Waals surface area contributed by atoms with E-state index in [4.69, 9.17) is 5.11 Å². The number of nitrogens with one attached hydrogen (secondary N) is 1. The van der Waals surface area contributed by atoms with Crippen LogP contribution in [0.25, 0.3) is 0 Å². The monoisotopic (exact) mass is 285 g/mol. The highest BCUT2D eigenvalue weighted by Crippen LogP contribution is 2.18. The smallest absolute Gasteiger partial charge is 0.320 e. The topological polar surface area (TPSA) is 49.3 Å². The minimum Gasteiger partial charge on any atom is -0.480 e. The highest BCUT2D eigenvalue weighted by molar-refractivity contribution is 9.10. The highest BCUT2D eigenvalue weighted by atomic mass is 79.9. The van der Waals surface area contributed by atoms with E-state index in [9.17, 15) is 4.79 Å². The molecule has 2 atom stereocenters. The van der Waals surface area contributed by atoms with Crippen molar-refractivity contribution in [2.45, 2.75) is 32.4 Å². The van der Waals surface area contributed by atoms with Crippen LogP contribution in [-0.4, -0.2) is 17.1 Å². The molecule has 0 aliphatic rings. The van der Waals surface area contributed by atoms with Crippen molar-refractivity contribution in [1.82, 2.24) is 5.32 Å². The molecule has 0 fully saturated rings. The highest BCUT2D eigenvalue weighted by Gasteiger charge is 2.17. The Morgan fingerprint density at radius 1 is 1.56 bits per heavy atom. The van der Waals surface area contributed by atoms with Gasteiger partial charge in [-0.05, 0) is 31.0 Å². The van der Waals surface area contributed by atoms with Crippen LogP contribution in [0.5, 0.6) is 0 Å². The Balaban J connectivity index is 2.71. The first-order valence-electron chi connectivity index (χ1n) is 5.29. The Hall–Kier alpha value is -0.870. The standard InChI is InChI=1S/C12H16BrNO2/c1-3-11(12(15)16)14-8(2)9-5-4-6-10(13)7-9/h4-8,11,14H,3H2,1-2H3,(H,15,16). The fourth-order valence-electron chi connectivity index (χ4n) is 1.54. The SMILES string of the molecule is CCC(NC(C)c1cccc(Br)c1)C(=O)O. The normalized spacial score (nSPS) is 14.4. The quantitative estimate of drug-likeness (QED) is 0.875. The summed E-state index contributed by atoms with van der Waals surface area (Å²) >= 11 is 3.40. The number of hydrogen-bond acceptors (Lipinski definition) is 2. The molecule has 2 unspecified atom stereocenters. The fourth-order valence-corrected chi connectivity index (χ4v) is 1.95. The van der Waals surface area contributed by atoms with Gasteiger partial charge in [-0.15, -0.1) is 0 Å². The second kappa shape index (κ2) is 6.01. The van der Waals surface area contributed by atoms with Gasteiger partial charge >= 0.3 is 5.97 Å². The van der Waals surface area contributed by atoms with Crippen LogP contribution in [0.1, 0.15) is 31.9 Å². The molecule has 1 aromatic carbocycles. The predicted octanol–water partition coefficient (Wildman–Crippen LogP) is 2.96. The van der Waals surface area contributed by atoms with E-state index in [0.29, 0.717) is 6.42 Å². The van der Waals surface area contributed by atoms with Crippen LogP contribution in [0, 0.1) is 0 Å². The van der Waals surface area contributed by atoms with Gasteiger partial charge < -0.3 is 5.11 Å². The summed E-state index contributed by atoms with van der Waals surface area (Å²) in [5, 5.41) is 12.0. The molecular formula is C12H16BrNO2. The number of hydrogen-bond donors (Lipinski definition) is 2. The van der Waals surface area contributed by atoms with Gasteiger partial charge in [-0.3, -0.25) is 10.1 Å². The van der Waals surface area contributed by atoms with Crippen molar-refractivity contribution in [1.29, 1.82) is 0 Å². The molecule has 1 aromatic rings. The van der Waals surface area contributed by atoms with Crippen molar-refractivity contribution in [3.05, 3.63) is 34.3 Å². The van der Waals surface area contributed by atoms with Gasteiger partial charge in [-0.2, -0.15) is 0 Å². The molecule has 3 nitrogen and oxygen atoms in total. The molecule has 2 N–H and O–H groups in total. The van der Waals surface area contributed by atoms with Crippen molar-refractivity contribution in [2.24, 2.45) is 0 Å². The Morgan fingerprint density at radius 2 is 2.25 bits per heavy atom. The van der Waals surface area contributed by atoms with E-state index in [1.54, 1.807) is 0 Å². The maximum absolute atomic E-state index is 10.9. The fraction of sp³-hybridized carbons (Fsp3) is 0.417. The number of aliphatic carboxylic acids is 1. The first-order valence-corrected chi connectivity index (χ1v) is 6.08. The van der Waals surface area contributed by atoms with E-state index in [2.05, 4.69) is 21.2 Å². The average Bonchev–Trinajstić information content (AvgIpc) is 2.25. The lowest BCUT2D eigenvalue weighted by atomic mass is 10.1. The van der Waals surface area contributed by atoms with Crippen molar-refractivity contribution in [3.8, 4) is 0 Å². The molecule has 0 aromatic heterocycles. The third kappa shape index (κ3) is 3.61. The Labute approximate surface area is 104 Å². The van der Waals surface area contributed by atoms with Gasteiger partial charge in [0.15, 0.2) is 0 Å². The summed E-state index contributed by atoms with van der Waals surface area (Å²) in [5.41, 5.74) is 1.08. The summed E-state index contributed by atoms with van der Waals surface area (Å²) in [6.07, 6.45) is 0.577. The van der Waals surface area contributed by atoms with Crippen LogP contribution in [0.3, 0.4) is 0 Å². The molecule has 0 amide bonds. The van der Waals surface area contributed by atoms with Gasteiger partial charge in [0.05, 0.1) is 0 Å². The van der Waals surface area contributed by atoms with Crippen molar-refractivity contribution < 1.29 is 9.90 Å². The lowest BCUT2D eigenvalue weighted by Gasteiger charge is -2.19. The average molecular weight is 286 g/mol. The van der Waals surface area contributed by atoms with Crippen LogP contribution < -0.4 is 5.32 Å². The lowest BCUT2D eigenvalue weighted by Crippen LogP contribution is -2.37. The van der Waals surface area contributed by atoms with Gasteiger partial charge in [0.2, 0.25) is 0 Å². The Bertz CT molecular complexity index is 368. The van der Waals surface area contributed by atoms with Crippen LogP contribution in [0.15, 0.2) is 28.7 Å². The zero-order valence-electron chi connectivity index (χ0n) is 9.40. The van der Waals surface area contributed by atoms with Gasteiger partial charge in [-0.25, -0.2) is 0 Å². The van der Waals surface area contributed by atoms with Crippen LogP contribution >= 0.6 is 15.9 Å². The second-order valence-electron chi connectivity index (χ2n) is 3.74. The molecule has 0 aliphatic heterocycles. The number of rotatable bonds is 5. The van der Waals surface area contributed by atoms with E-state index in [1.807, 2.05) is 38.1 Å². The second-order valence-corrected chi connectivity index (χ2v) is 4.66. The lowest BCUT2D eigenvalue weighted by molar-refractivity contribution is -0.139. The van der Waals surface area contributed by atoms with Crippen molar-refractivity contribution in [3.63, 3.8) is 0 Å². The summed E-state index contributed by atoms with van der Waals surface area (Å²) in [7, 11) is 0. The zero-order chi connectivity index (χ0) is 12.1. The molecule has 0 bridgehead atoms. The largest absolute Gasteiger partial charge is 0.480 e. The molecular weight excluding hydrogens is 270 g/mol.